The Balaban J connectivity index is 1.54. The van der Waals surface area contributed by atoms with Crippen molar-refractivity contribution in [3.8, 4) is 5.75 Å². The number of amides is 5. The number of carbonyl (C=O) groups is 3. The number of likely N-dealkylation sites (N-methyl/N-ethyl adjacent to an activating group) is 1. The van der Waals surface area contributed by atoms with Gasteiger partial charge in [-0.25, -0.2) is 9.59 Å². The molecule has 264 valence electrons. The number of aliphatic hydroxyl groups excluding tert-OH is 1. The first-order chi connectivity index (χ1) is 22.6. The van der Waals surface area contributed by atoms with E-state index in [9.17, 15) is 19.5 Å². The van der Waals surface area contributed by atoms with Gasteiger partial charge in [-0.2, -0.15) is 0 Å². The average Bonchev–Trinajstić information content (AvgIpc) is 3.06. The summed E-state index contributed by atoms with van der Waals surface area (Å²) < 4.78 is 12.7. The molecule has 0 spiro atoms. The zero-order valence-corrected chi connectivity index (χ0v) is 29.1. The number of nitrogens with one attached hydrogen (secondary N) is 3. The standard InChI is InChI=1S/C36H59N5O6/c1-25-22-41(26(2)24-42)34(43)31-21-30(38-35(44)37-28-14-7-5-8-15-28)18-19-32(31)47-27(3)13-11-12-20-46-33(25)23-40(4)36(45)39-29-16-9-6-10-17-29/h18-19,21,25-29,33,42H,5-17,20,22-24H2,1-4H3,(H,39,45)(H2,37,38,44)/t25-,26+,27+,33-/m1/s1. The molecule has 0 bridgehead atoms. The van der Waals surface area contributed by atoms with E-state index in [1.807, 2.05) is 20.8 Å². The van der Waals surface area contributed by atoms with Crippen LogP contribution in [0.4, 0.5) is 15.3 Å². The Kier molecular flexibility index (Phi) is 14.5. The molecule has 5 amide bonds. The first-order valence-electron chi connectivity index (χ1n) is 18.1. The molecule has 1 aliphatic heterocycles. The largest absolute Gasteiger partial charge is 0.490 e. The summed E-state index contributed by atoms with van der Waals surface area (Å²) in [7, 11) is 1.80. The lowest BCUT2D eigenvalue weighted by Gasteiger charge is -2.36. The van der Waals surface area contributed by atoms with Gasteiger partial charge in [0.2, 0.25) is 0 Å². The minimum atomic E-state index is -0.484. The number of rotatable bonds is 7. The third-order valence-electron chi connectivity index (χ3n) is 9.98. The van der Waals surface area contributed by atoms with Crippen LogP contribution in [0.5, 0.6) is 5.75 Å². The topological polar surface area (TPSA) is 132 Å². The fourth-order valence-electron chi connectivity index (χ4n) is 6.95. The predicted molar refractivity (Wildman–Crippen MR) is 184 cm³/mol. The van der Waals surface area contributed by atoms with Gasteiger partial charge in [0.1, 0.15) is 5.75 Å². The summed E-state index contributed by atoms with van der Waals surface area (Å²) in [6, 6.07) is 4.69. The van der Waals surface area contributed by atoms with Gasteiger partial charge in [-0.1, -0.05) is 45.4 Å². The lowest BCUT2D eigenvalue weighted by Crippen LogP contribution is -2.50. The van der Waals surface area contributed by atoms with Crippen molar-refractivity contribution in [3.05, 3.63) is 23.8 Å². The zero-order chi connectivity index (χ0) is 33.8. The van der Waals surface area contributed by atoms with E-state index >= 15 is 0 Å². The number of carbonyl (C=O) groups excluding carboxylic acids is 3. The molecule has 1 aromatic carbocycles. The molecule has 4 N–H and O–H groups in total. The fraction of sp³-hybridized carbons (Fsp3) is 0.750. The molecule has 4 atom stereocenters. The third-order valence-corrected chi connectivity index (χ3v) is 9.98. The number of nitrogens with zero attached hydrogens (tertiary/aromatic N) is 2. The van der Waals surface area contributed by atoms with E-state index in [-0.39, 0.29) is 54.8 Å². The van der Waals surface area contributed by atoms with Crippen LogP contribution in [0, 0.1) is 5.92 Å². The number of aliphatic hydroxyl groups is 1. The summed E-state index contributed by atoms with van der Waals surface area (Å²) in [4.78, 5) is 43.7. The highest BCUT2D eigenvalue weighted by atomic mass is 16.5. The van der Waals surface area contributed by atoms with Gasteiger partial charge in [0.25, 0.3) is 5.91 Å². The summed E-state index contributed by atoms with van der Waals surface area (Å²) in [5, 5.41) is 19.4. The second-order valence-electron chi connectivity index (χ2n) is 14.1. The van der Waals surface area contributed by atoms with Crippen LogP contribution in [0.1, 0.15) is 115 Å². The molecule has 1 heterocycles. The Morgan fingerprint density at radius 1 is 0.957 bits per heavy atom. The minimum absolute atomic E-state index is 0.101. The highest BCUT2D eigenvalue weighted by Crippen LogP contribution is 2.29. The van der Waals surface area contributed by atoms with Crippen LogP contribution >= 0.6 is 0 Å². The van der Waals surface area contributed by atoms with Crippen LogP contribution in [-0.4, -0.2) is 96.6 Å². The first-order valence-corrected chi connectivity index (χ1v) is 18.1. The second kappa shape index (κ2) is 18.5. The van der Waals surface area contributed by atoms with E-state index in [2.05, 4.69) is 16.0 Å². The molecular weight excluding hydrogens is 598 g/mol. The normalized spacial score (nSPS) is 24.7. The van der Waals surface area contributed by atoms with Gasteiger partial charge in [-0.15, -0.1) is 0 Å². The fourth-order valence-corrected chi connectivity index (χ4v) is 6.95. The number of hydrogen-bond acceptors (Lipinski definition) is 6. The summed E-state index contributed by atoms with van der Waals surface area (Å²) >= 11 is 0. The summed E-state index contributed by atoms with van der Waals surface area (Å²) in [5.41, 5.74) is 0.831. The van der Waals surface area contributed by atoms with Gasteiger partial charge in [-0.05, 0) is 77.0 Å². The molecule has 1 aromatic rings. The van der Waals surface area contributed by atoms with Crippen molar-refractivity contribution in [3.63, 3.8) is 0 Å². The Bertz CT molecular complexity index is 1150. The molecule has 0 unspecified atom stereocenters. The maximum atomic E-state index is 14.4. The lowest BCUT2D eigenvalue weighted by atomic mass is 9.96. The van der Waals surface area contributed by atoms with Crippen molar-refractivity contribution in [2.75, 3.05) is 38.7 Å². The minimum Gasteiger partial charge on any atom is -0.490 e. The lowest BCUT2D eigenvalue weighted by molar-refractivity contribution is -0.0123. The number of benzene rings is 1. The van der Waals surface area contributed by atoms with Crippen LogP contribution in [0.15, 0.2) is 18.2 Å². The van der Waals surface area contributed by atoms with Crippen LogP contribution in [0.3, 0.4) is 0 Å². The average molecular weight is 658 g/mol. The van der Waals surface area contributed by atoms with Crippen molar-refractivity contribution in [1.82, 2.24) is 20.4 Å². The van der Waals surface area contributed by atoms with Gasteiger partial charge >= 0.3 is 12.1 Å². The van der Waals surface area contributed by atoms with Crippen LogP contribution in [0.2, 0.25) is 0 Å². The molecular formula is C36H59N5O6. The SMILES string of the molecule is C[C@@H]1CN([C@@H](C)CO)C(=O)c2cc(NC(=O)NC3CCCCC3)ccc2O[C@@H](C)CCCCO[C@@H]1CN(C)C(=O)NC1CCCCC1. The molecule has 2 aliphatic carbocycles. The van der Waals surface area contributed by atoms with Gasteiger partial charge in [0, 0.05) is 50.4 Å². The maximum Gasteiger partial charge on any atom is 0.319 e. The zero-order valence-electron chi connectivity index (χ0n) is 29.1. The Morgan fingerprint density at radius 3 is 2.26 bits per heavy atom. The van der Waals surface area contributed by atoms with E-state index in [0.29, 0.717) is 36.7 Å². The molecule has 0 radical (unpaired) electrons. The van der Waals surface area contributed by atoms with Gasteiger partial charge < -0.3 is 40.3 Å². The summed E-state index contributed by atoms with van der Waals surface area (Å²) in [6.07, 6.45) is 12.9. The van der Waals surface area contributed by atoms with Crippen molar-refractivity contribution in [2.45, 2.75) is 135 Å². The maximum absolute atomic E-state index is 14.4. The van der Waals surface area contributed by atoms with Gasteiger partial charge in [-0.3, -0.25) is 4.79 Å². The van der Waals surface area contributed by atoms with Crippen molar-refractivity contribution < 1.29 is 29.0 Å². The smallest absolute Gasteiger partial charge is 0.319 e. The van der Waals surface area contributed by atoms with Gasteiger partial charge in [0.05, 0.1) is 30.4 Å². The van der Waals surface area contributed by atoms with Crippen molar-refractivity contribution in [2.24, 2.45) is 5.92 Å². The number of urea groups is 2. The third kappa shape index (κ3) is 11.3. The molecule has 47 heavy (non-hydrogen) atoms. The van der Waals surface area contributed by atoms with Gasteiger partial charge in [0.15, 0.2) is 0 Å². The van der Waals surface area contributed by atoms with Crippen molar-refractivity contribution >= 4 is 23.7 Å². The van der Waals surface area contributed by atoms with Crippen molar-refractivity contribution in [1.29, 1.82) is 0 Å². The van der Waals surface area contributed by atoms with E-state index < -0.39 is 6.04 Å². The predicted octanol–water partition coefficient (Wildman–Crippen LogP) is 5.91. The molecule has 11 nitrogen and oxygen atoms in total. The van der Waals surface area contributed by atoms with Crippen LogP contribution in [-0.2, 0) is 4.74 Å². The summed E-state index contributed by atoms with van der Waals surface area (Å²) in [6.45, 7) is 6.84. The number of fused-ring (bicyclic) bond motifs is 1. The highest BCUT2D eigenvalue weighted by molar-refractivity contribution is 5.99. The Hall–Kier alpha value is -3.05. The first kappa shape index (κ1) is 36.8. The number of anilines is 1. The Labute approximate surface area is 281 Å². The molecule has 4 rings (SSSR count). The molecule has 0 saturated heterocycles. The Morgan fingerprint density at radius 2 is 1.60 bits per heavy atom. The van der Waals surface area contributed by atoms with E-state index in [1.54, 1.807) is 35.0 Å². The van der Waals surface area contributed by atoms with Crippen LogP contribution < -0.4 is 20.7 Å². The molecule has 3 aliphatic rings. The van der Waals surface area contributed by atoms with Crippen LogP contribution in [0.25, 0.3) is 0 Å². The number of ether oxygens (including phenoxy) is 2. The molecule has 0 aromatic heterocycles. The quantitative estimate of drug-likeness (QED) is 0.288. The summed E-state index contributed by atoms with van der Waals surface area (Å²) in [5.74, 6) is 0.00958. The molecule has 2 fully saturated rings. The monoisotopic (exact) mass is 657 g/mol. The second-order valence-corrected chi connectivity index (χ2v) is 14.1. The van der Waals surface area contributed by atoms with E-state index in [4.69, 9.17) is 9.47 Å². The van der Waals surface area contributed by atoms with E-state index in [0.717, 1.165) is 70.6 Å². The molecule has 11 heteroatoms. The highest BCUT2D eigenvalue weighted by Gasteiger charge is 2.31. The number of hydrogen-bond donors (Lipinski definition) is 4. The molecule has 2 saturated carbocycles. The van der Waals surface area contributed by atoms with E-state index in [1.165, 1.54) is 12.8 Å².